The summed E-state index contributed by atoms with van der Waals surface area (Å²) in [5.41, 5.74) is 0. The first-order valence-corrected chi connectivity index (χ1v) is 9.84. The first-order chi connectivity index (χ1) is 3.65. The summed E-state index contributed by atoms with van der Waals surface area (Å²) >= 11 is -0.333. The monoisotopic (exact) mass is 193 g/mol. The summed E-state index contributed by atoms with van der Waals surface area (Å²) in [7, 11) is 2.54. The van der Waals surface area contributed by atoms with Crippen LogP contribution in [0.15, 0.2) is 12.7 Å². The van der Waals surface area contributed by atoms with E-state index < -0.39 is 0 Å². The molecule has 0 aromatic heterocycles. The van der Waals surface area contributed by atoms with Crippen molar-refractivity contribution >= 4 is 23.6 Å². The van der Waals surface area contributed by atoms with Crippen molar-refractivity contribution in [3.63, 3.8) is 0 Å². The first kappa shape index (κ1) is 11.5. The summed E-state index contributed by atoms with van der Waals surface area (Å²) in [5.74, 6) is 7.00. The normalized spacial score (nSPS) is 7.62. The Bertz CT molecular complexity index is 41.0. The molecule has 0 aliphatic rings. The quantitative estimate of drug-likeness (QED) is 0.339. The van der Waals surface area contributed by atoms with Crippen LogP contribution in [-0.2, 0) is 0 Å². The summed E-state index contributed by atoms with van der Waals surface area (Å²) < 4.78 is 0. The molecule has 1 radical (unpaired) electrons. The summed E-state index contributed by atoms with van der Waals surface area (Å²) in [6.45, 7) is 3.46. The van der Waals surface area contributed by atoms with Crippen LogP contribution >= 0.6 is 9.24 Å². The van der Waals surface area contributed by atoms with E-state index in [1.54, 1.807) is 0 Å². The van der Waals surface area contributed by atoms with Gasteiger partial charge in [-0.2, -0.15) is 0 Å². The van der Waals surface area contributed by atoms with Gasteiger partial charge in [0.15, 0.2) is 0 Å². The molecule has 49 valence electrons. The molecule has 0 spiro atoms. The minimum absolute atomic E-state index is 0.333. The van der Waals surface area contributed by atoms with Gasteiger partial charge >= 0.3 is 31.6 Å². The van der Waals surface area contributed by atoms with Crippen LogP contribution in [0.3, 0.4) is 0 Å². The van der Waals surface area contributed by atoms with E-state index in [1.165, 1.54) is 0 Å². The SMILES string of the molecule is C=CCP.[CH3][Ge]([CH3])[CH3]. The summed E-state index contributed by atoms with van der Waals surface area (Å²) in [6.07, 6.45) is 2.84. The Morgan fingerprint density at radius 1 is 1.50 bits per heavy atom. The van der Waals surface area contributed by atoms with E-state index in [2.05, 4.69) is 33.1 Å². The van der Waals surface area contributed by atoms with Gasteiger partial charge in [-0.25, -0.2) is 0 Å². The second-order valence-corrected chi connectivity index (χ2v) is 8.79. The number of rotatable bonds is 1. The molecule has 0 bridgehead atoms. The van der Waals surface area contributed by atoms with Crippen molar-refractivity contribution in [1.29, 1.82) is 0 Å². The van der Waals surface area contributed by atoms with Crippen LogP contribution in [0.2, 0.25) is 17.3 Å². The molecule has 0 aromatic rings. The number of allylic oxidation sites excluding steroid dienone is 1. The number of hydrogen-bond acceptors (Lipinski definition) is 0. The van der Waals surface area contributed by atoms with E-state index in [9.17, 15) is 0 Å². The van der Waals surface area contributed by atoms with Crippen molar-refractivity contribution in [3.8, 4) is 0 Å². The van der Waals surface area contributed by atoms with Crippen molar-refractivity contribution in [2.75, 3.05) is 6.16 Å². The van der Waals surface area contributed by atoms with Gasteiger partial charge in [-0.1, -0.05) is 6.08 Å². The Morgan fingerprint density at radius 2 is 1.62 bits per heavy atom. The standard InChI is InChI=1S/C3H9Ge.C3H7P/c1-4(2)3;1-2-3-4/h1-3H3;2H,1,3-4H2. The van der Waals surface area contributed by atoms with Gasteiger partial charge in [0.25, 0.3) is 0 Å². The van der Waals surface area contributed by atoms with Crippen molar-refractivity contribution in [3.05, 3.63) is 12.7 Å². The molecular weight excluding hydrogens is 176 g/mol. The molecule has 0 aliphatic carbocycles. The van der Waals surface area contributed by atoms with Gasteiger partial charge in [0.05, 0.1) is 0 Å². The van der Waals surface area contributed by atoms with Crippen molar-refractivity contribution < 1.29 is 0 Å². The molecule has 2 heteroatoms. The average Bonchev–Trinajstić information content (AvgIpc) is 1.65. The van der Waals surface area contributed by atoms with Crippen molar-refractivity contribution in [2.45, 2.75) is 17.3 Å². The zero-order valence-corrected chi connectivity index (χ0v) is 9.32. The third-order valence-corrected chi connectivity index (χ3v) is 0.500. The van der Waals surface area contributed by atoms with Gasteiger partial charge in [-0.15, -0.1) is 15.8 Å². The fourth-order valence-electron chi connectivity index (χ4n) is 0. The molecule has 0 saturated carbocycles. The molecule has 1 atom stereocenters. The molecule has 0 aromatic carbocycles. The van der Waals surface area contributed by atoms with Crippen molar-refractivity contribution in [2.24, 2.45) is 0 Å². The van der Waals surface area contributed by atoms with Gasteiger partial charge in [-0.05, 0) is 6.16 Å². The minimum atomic E-state index is -0.333. The van der Waals surface area contributed by atoms with Gasteiger partial charge in [0, 0.05) is 0 Å². The third kappa shape index (κ3) is 74.7. The Morgan fingerprint density at radius 3 is 1.62 bits per heavy atom. The zero-order valence-electron chi connectivity index (χ0n) is 6.07. The molecule has 0 saturated heterocycles. The van der Waals surface area contributed by atoms with E-state index in [0.29, 0.717) is 0 Å². The first-order valence-electron chi connectivity index (χ1n) is 2.72. The molecule has 0 aliphatic heterocycles. The molecule has 8 heavy (non-hydrogen) atoms. The van der Waals surface area contributed by atoms with Crippen LogP contribution in [0, 0.1) is 0 Å². The zero-order chi connectivity index (χ0) is 6.99. The fourth-order valence-corrected chi connectivity index (χ4v) is 0. The van der Waals surface area contributed by atoms with Gasteiger partial charge in [-0.3, -0.25) is 0 Å². The molecule has 0 rings (SSSR count). The molecule has 0 N–H and O–H groups in total. The average molecular weight is 192 g/mol. The molecule has 0 fully saturated rings. The maximum atomic E-state index is 3.46. The van der Waals surface area contributed by atoms with Crippen LogP contribution in [0.5, 0.6) is 0 Å². The van der Waals surface area contributed by atoms with Crippen LogP contribution in [0.1, 0.15) is 0 Å². The topological polar surface area (TPSA) is 0 Å². The maximum absolute atomic E-state index is 3.46. The Hall–Kier alpha value is 0.713. The Balaban J connectivity index is 0. The van der Waals surface area contributed by atoms with Crippen LogP contribution in [0.4, 0.5) is 0 Å². The summed E-state index contributed by atoms with van der Waals surface area (Å²) in [6, 6.07) is 0. The van der Waals surface area contributed by atoms with E-state index >= 15 is 0 Å². The van der Waals surface area contributed by atoms with Crippen molar-refractivity contribution in [1.82, 2.24) is 0 Å². The second kappa shape index (κ2) is 10.6. The molecule has 0 nitrogen and oxygen atoms in total. The Labute approximate surface area is 60.1 Å². The number of hydrogen-bond donors (Lipinski definition) is 0. The third-order valence-electron chi connectivity index (χ3n) is 0.167. The predicted molar refractivity (Wildman–Crippen MR) is 48.1 cm³/mol. The molecule has 0 amide bonds. The molecule has 1 unspecified atom stereocenters. The predicted octanol–water partition coefficient (Wildman–Crippen LogP) is 2.42. The summed E-state index contributed by atoms with van der Waals surface area (Å²) in [4.78, 5) is 0. The van der Waals surface area contributed by atoms with Gasteiger partial charge < -0.3 is 0 Å². The van der Waals surface area contributed by atoms with E-state index in [4.69, 9.17) is 0 Å². The summed E-state index contributed by atoms with van der Waals surface area (Å²) in [5, 5.41) is 0. The Kier molecular flexibility index (Phi) is 15.3. The van der Waals surface area contributed by atoms with Crippen LogP contribution < -0.4 is 0 Å². The second-order valence-electron chi connectivity index (χ2n) is 2.02. The van der Waals surface area contributed by atoms with E-state index in [0.717, 1.165) is 6.16 Å². The molecular formula is C6H16GeP. The van der Waals surface area contributed by atoms with Gasteiger partial charge in [0.1, 0.15) is 0 Å². The van der Waals surface area contributed by atoms with E-state index in [-0.39, 0.29) is 14.3 Å². The van der Waals surface area contributed by atoms with E-state index in [1.807, 2.05) is 6.08 Å². The molecule has 0 heterocycles. The van der Waals surface area contributed by atoms with Gasteiger partial charge in [0.2, 0.25) is 0 Å². The fraction of sp³-hybridized carbons (Fsp3) is 0.667. The van der Waals surface area contributed by atoms with Crippen LogP contribution in [0.25, 0.3) is 0 Å². The van der Waals surface area contributed by atoms with Crippen LogP contribution in [-0.4, -0.2) is 20.5 Å².